The monoisotopic (exact) mass is 272 g/mol. The van der Waals surface area contributed by atoms with E-state index in [-0.39, 0.29) is 11.7 Å². The molecule has 0 amide bonds. The summed E-state index contributed by atoms with van der Waals surface area (Å²) in [7, 11) is -3.15. The fourth-order valence-electron chi connectivity index (χ4n) is 2.18. The summed E-state index contributed by atoms with van der Waals surface area (Å²) in [5.41, 5.74) is 0. The highest BCUT2D eigenvalue weighted by atomic mass is 32.2. The molecule has 0 unspecified atom stereocenters. The Balaban J connectivity index is 1.73. The Kier molecular flexibility index (Phi) is 4.73. The van der Waals surface area contributed by atoms with Crippen LogP contribution in [0.25, 0.3) is 0 Å². The summed E-state index contributed by atoms with van der Waals surface area (Å²) in [6.07, 6.45) is 5.88. The van der Waals surface area contributed by atoms with Gasteiger partial charge in [-0.25, -0.2) is 18.1 Å². The third-order valence-corrected chi connectivity index (χ3v) is 4.71. The van der Waals surface area contributed by atoms with Crippen LogP contribution < -0.4 is 10.0 Å². The molecule has 18 heavy (non-hydrogen) atoms. The molecule has 1 saturated heterocycles. The van der Waals surface area contributed by atoms with Gasteiger partial charge in [0.2, 0.25) is 10.0 Å². The average molecular weight is 272 g/mol. The van der Waals surface area contributed by atoms with Gasteiger partial charge >= 0.3 is 0 Å². The number of piperidine rings is 1. The number of nitrogens with zero attached hydrogens (tertiary/aromatic N) is 1. The van der Waals surface area contributed by atoms with Crippen molar-refractivity contribution in [1.82, 2.24) is 20.0 Å². The first-order valence-corrected chi connectivity index (χ1v) is 7.97. The van der Waals surface area contributed by atoms with Crippen molar-refractivity contribution in [3.63, 3.8) is 0 Å². The third kappa shape index (κ3) is 4.40. The Morgan fingerprint density at radius 3 is 2.83 bits per heavy atom. The first kappa shape index (κ1) is 13.5. The molecular formula is C11H20N4O2S. The molecule has 1 aliphatic heterocycles. The molecule has 7 heteroatoms. The highest BCUT2D eigenvalue weighted by Crippen LogP contribution is 2.13. The first-order valence-electron chi connectivity index (χ1n) is 6.32. The second-order valence-corrected chi connectivity index (χ2v) is 6.51. The molecule has 0 bridgehead atoms. The number of hydrogen-bond donors (Lipinski definition) is 3. The normalized spacial score (nSPS) is 18.0. The fourth-order valence-corrected chi connectivity index (χ4v) is 3.66. The van der Waals surface area contributed by atoms with E-state index >= 15 is 0 Å². The van der Waals surface area contributed by atoms with Gasteiger partial charge in [0.05, 0.1) is 5.75 Å². The Bertz CT molecular complexity index is 438. The van der Waals surface area contributed by atoms with Crippen LogP contribution in [0.15, 0.2) is 12.4 Å². The molecule has 0 aromatic carbocycles. The van der Waals surface area contributed by atoms with Crippen molar-refractivity contribution in [2.24, 2.45) is 5.92 Å². The van der Waals surface area contributed by atoms with Gasteiger partial charge in [0, 0.05) is 25.4 Å². The SMILES string of the molecule is O=S(=O)(CC1CCNCC1)NCCc1ncc[nH]1. The van der Waals surface area contributed by atoms with Crippen molar-refractivity contribution in [2.45, 2.75) is 19.3 Å². The van der Waals surface area contributed by atoms with Gasteiger partial charge in [-0.1, -0.05) is 0 Å². The Morgan fingerprint density at radius 1 is 1.39 bits per heavy atom. The molecular weight excluding hydrogens is 252 g/mol. The molecule has 3 N–H and O–H groups in total. The van der Waals surface area contributed by atoms with Crippen LogP contribution in [0, 0.1) is 5.92 Å². The van der Waals surface area contributed by atoms with E-state index in [1.165, 1.54) is 0 Å². The lowest BCUT2D eigenvalue weighted by Gasteiger charge is -2.22. The van der Waals surface area contributed by atoms with Crippen LogP contribution in [0.4, 0.5) is 0 Å². The van der Waals surface area contributed by atoms with E-state index in [1.54, 1.807) is 12.4 Å². The molecule has 0 atom stereocenters. The minimum Gasteiger partial charge on any atom is -0.349 e. The molecule has 1 aromatic heterocycles. The fraction of sp³-hybridized carbons (Fsp3) is 0.727. The lowest BCUT2D eigenvalue weighted by Crippen LogP contribution is -2.36. The summed E-state index contributed by atoms with van der Waals surface area (Å²) in [5, 5.41) is 3.23. The van der Waals surface area contributed by atoms with Crippen LogP contribution in [-0.2, 0) is 16.4 Å². The van der Waals surface area contributed by atoms with Crippen molar-refractivity contribution in [3.8, 4) is 0 Å². The van der Waals surface area contributed by atoms with E-state index in [0.717, 1.165) is 31.8 Å². The Morgan fingerprint density at radius 2 is 2.17 bits per heavy atom. The summed E-state index contributed by atoms with van der Waals surface area (Å²) in [6.45, 7) is 2.25. The standard InChI is InChI=1S/C11H20N4O2S/c16-18(17,9-10-1-4-12-5-2-10)15-6-3-11-13-7-8-14-11/h7-8,10,12,15H,1-6,9H2,(H,13,14). The number of imidazole rings is 1. The Hall–Kier alpha value is -0.920. The number of aromatic amines is 1. The molecule has 6 nitrogen and oxygen atoms in total. The molecule has 0 aliphatic carbocycles. The highest BCUT2D eigenvalue weighted by molar-refractivity contribution is 7.89. The second kappa shape index (κ2) is 6.31. The van der Waals surface area contributed by atoms with Crippen molar-refractivity contribution < 1.29 is 8.42 Å². The number of sulfonamides is 1. The molecule has 0 spiro atoms. The zero-order chi connectivity index (χ0) is 12.8. The average Bonchev–Trinajstić information content (AvgIpc) is 2.82. The van der Waals surface area contributed by atoms with Gasteiger partial charge in [0.15, 0.2) is 0 Å². The van der Waals surface area contributed by atoms with Gasteiger partial charge in [-0.15, -0.1) is 0 Å². The van der Waals surface area contributed by atoms with E-state index in [4.69, 9.17) is 0 Å². The van der Waals surface area contributed by atoms with E-state index in [0.29, 0.717) is 13.0 Å². The largest absolute Gasteiger partial charge is 0.349 e. The number of hydrogen-bond acceptors (Lipinski definition) is 4. The van der Waals surface area contributed by atoms with Crippen molar-refractivity contribution >= 4 is 10.0 Å². The molecule has 1 aromatic rings. The van der Waals surface area contributed by atoms with Gasteiger partial charge < -0.3 is 10.3 Å². The second-order valence-electron chi connectivity index (χ2n) is 4.65. The zero-order valence-electron chi connectivity index (χ0n) is 10.4. The molecule has 0 radical (unpaired) electrons. The summed E-state index contributed by atoms with van der Waals surface area (Å²) in [5.74, 6) is 1.33. The van der Waals surface area contributed by atoms with Crippen molar-refractivity contribution in [2.75, 3.05) is 25.4 Å². The van der Waals surface area contributed by atoms with Gasteiger partial charge in [-0.2, -0.15) is 0 Å². The topological polar surface area (TPSA) is 86.9 Å². The molecule has 1 aliphatic rings. The number of aromatic nitrogens is 2. The van der Waals surface area contributed by atoms with Crippen LogP contribution in [-0.4, -0.2) is 43.8 Å². The van der Waals surface area contributed by atoms with Crippen molar-refractivity contribution in [1.29, 1.82) is 0 Å². The third-order valence-electron chi connectivity index (χ3n) is 3.15. The maximum absolute atomic E-state index is 11.9. The highest BCUT2D eigenvalue weighted by Gasteiger charge is 2.20. The maximum atomic E-state index is 11.9. The quantitative estimate of drug-likeness (QED) is 0.673. The predicted molar refractivity (Wildman–Crippen MR) is 69.7 cm³/mol. The summed E-state index contributed by atoms with van der Waals surface area (Å²) in [6, 6.07) is 0. The smallest absolute Gasteiger partial charge is 0.211 e. The van der Waals surface area contributed by atoms with Gasteiger partial charge in [-0.05, 0) is 31.8 Å². The minimum atomic E-state index is -3.15. The molecule has 1 fully saturated rings. The molecule has 102 valence electrons. The van der Waals surface area contributed by atoms with E-state index in [9.17, 15) is 8.42 Å². The van der Waals surface area contributed by atoms with Gasteiger partial charge in [0.1, 0.15) is 5.82 Å². The van der Waals surface area contributed by atoms with Crippen LogP contribution >= 0.6 is 0 Å². The lowest BCUT2D eigenvalue weighted by atomic mass is 10.0. The minimum absolute atomic E-state index is 0.243. The predicted octanol–water partition coefficient (Wildman–Crippen LogP) is -0.129. The maximum Gasteiger partial charge on any atom is 0.211 e. The number of rotatable bonds is 6. The zero-order valence-corrected chi connectivity index (χ0v) is 11.2. The van der Waals surface area contributed by atoms with E-state index in [2.05, 4.69) is 20.0 Å². The summed E-state index contributed by atoms with van der Waals surface area (Å²) >= 11 is 0. The Labute approximate surface area is 108 Å². The van der Waals surface area contributed by atoms with Gasteiger partial charge in [-0.3, -0.25) is 0 Å². The van der Waals surface area contributed by atoms with E-state index in [1.807, 2.05) is 0 Å². The van der Waals surface area contributed by atoms with Crippen LogP contribution in [0.2, 0.25) is 0 Å². The van der Waals surface area contributed by atoms with Crippen LogP contribution in [0.5, 0.6) is 0 Å². The molecule has 2 rings (SSSR count). The summed E-state index contributed by atoms with van der Waals surface area (Å²) in [4.78, 5) is 7.00. The van der Waals surface area contributed by atoms with Crippen LogP contribution in [0.3, 0.4) is 0 Å². The summed E-state index contributed by atoms with van der Waals surface area (Å²) < 4.78 is 26.4. The molecule has 2 heterocycles. The molecule has 0 saturated carbocycles. The van der Waals surface area contributed by atoms with Gasteiger partial charge in [0.25, 0.3) is 0 Å². The first-order chi connectivity index (χ1) is 8.66. The number of H-pyrrole nitrogens is 1. The number of nitrogens with one attached hydrogen (secondary N) is 3. The lowest BCUT2D eigenvalue weighted by molar-refractivity contribution is 0.400. The van der Waals surface area contributed by atoms with Crippen molar-refractivity contribution in [3.05, 3.63) is 18.2 Å². The van der Waals surface area contributed by atoms with Crippen LogP contribution in [0.1, 0.15) is 18.7 Å². The van der Waals surface area contributed by atoms with E-state index < -0.39 is 10.0 Å².